The summed E-state index contributed by atoms with van der Waals surface area (Å²) in [5.74, 6) is 0.979. The number of ketones is 1. The molecule has 0 fully saturated rings. The summed E-state index contributed by atoms with van der Waals surface area (Å²) in [6, 6.07) is 3.85. The van der Waals surface area contributed by atoms with E-state index in [1.54, 1.807) is 0 Å². The zero-order valence-electron chi connectivity index (χ0n) is 8.76. The predicted octanol–water partition coefficient (Wildman–Crippen LogP) is 2.51. The van der Waals surface area contributed by atoms with Gasteiger partial charge in [-0.3, -0.25) is 4.79 Å². The molecule has 0 spiro atoms. The molecule has 0 amide bonds. The Hall–Kier alpha value is -1.31. The summed E-state index contributed by atoms with van der Waals surface area (Å²) in [7, 11) is 0. The van der Waals surface area contributed by atoms with E-state index in [2.05, 4.69) is 0 Å². The van der Waals surface area contributed by atoms with Crippen LogP contribution >= 0.6 is 0 Å². The average molecular weight is 190 g/mol. The van der Waals surface area contributed by atoms with Crippen LogP contribution in [-0.2, 0) is 0 Å². The lowest BCUT2D eigenvalue weighted by Gasteiger charge is -2.23. The zero-order valence-corrected chi connectivity index (χ0v) is 8.76. The first-order chi connectivity index (χ1) is 6.61. The molecule has 2 rings (SSSR count). The maximum absolute atomic E-state index is 11.8. The molecule has 0 saturated carbocycles. The minimum Gasteiger partial charge on any atom is -0.492 e. The summed E-state index contributed by atoms with van der Waals surface area (Å²) < 4.78 is 5.60. The molecule has 74 valence electrons. The van der Waals surface area contributed by atoms with E-state index in [9.17, 15) is 4.79 Å². The highest BCUT2D eigenvalue weighted by Crippen LogP contribution is 2.32. The van der Waals surface area contributed by atoms with Gasteiger partial charge in [0.2, 0.25) is 0 Å². The highest BCUT2D eigenvalue weighted by atomic mass is 16.5. The Morgan fingerprint density at radius 1 is 1.36 bits per heavy atom. The number of benzene rings is 1. The molecule has 1 aliphatic rings. The number of aryl methyl sites for hydroxylation is 1. The van der Waals surface area contributed by atoms with Crippen LogP contribution in [0.25, 0.3) is 0 Å². The first-order valence-corrected chi connectivity index (χ1v) is 4.88. The molecule has 0 radical (unpaired) electrons. The van der Waals surface area contributed by atoms with Gasteiger partial charge < -0.3 is 4.74 Å². The van der Waals surface area contributed by atoms with Crippen LogP contribution in [0.1, 0.15) is 28.4 Å². The summed E-state index contributed by atoms with van der Waals surface area (Å²) >= 11 is 0. The van der Waals surface area contributed by atoms with Crippen LogP contribution in [0.5, 0.6) is 5.75 Å². The molecule has 0 saturated heterocycles. The molecule has 1 unspecified atom stereocenters. The van der Waals surface area contributed by atoms with E-state index in [0.29, 0.717) is 6.61 Å². The van der Waals surface area contributed by atoms with Gasteiger partial charge in [-0.05, 0) is 31.0 Å². The van der Waals surface area contributed by atoms with E-state index >= 15 is 0 Å². The zero-order chi connectivity index (χ0) is 10.3. The molecule has 0 aromatic heterocycles. The van der Waals surface area contributed by atoms with E-state index in [1.807, 2.05) is 32.9 Å². The fourth-order valence-corrected chi connectivity index (χ4v) is 1.72. The van der Waals surface area contributed by atoms with Crippen molar-refractivity contribution in [3.63, 3.8) is 0 Å². The van der Waals surface area contributed by atoms with Crippen molar-refractivity contribution in [1.82, 2.24) is 0 Å². The maximum atomic E-state index is 11.8. The van der Waals surface area contributed by atoms with Crippen LogP contribution < -0.4 is 4.74 Å². The quantitative estimate of drug-likeness (QED) is 0.628. The number of hydrogen-bond donors (Lipinski definition) is 0. The van der Waals surface area contributed by atoms with Gasteiger partial charge in [0, 0.05) is 0 Å². The lowest BCUT2D eigenvalue weighted by molar-refractivity contribution is 0.0847. The van der Waals surface area contributed by atoms with Gasteiger partial charge in [0.15, 0.2) is 5.78 Å². The van der Waals surface area contributed by atoms with Gasteiger partial charge in [0.25, 0.3) is 0 Å². The number of ether oxygens (including phenoxy) is 1. The Balaban J connectivity index is 2.59. The van der Waals surface area contributed by atoms with Gasteiger partial charge in [-0.15, -0.1) is 0 Å². The van der Waals surface area contributed by atoms with Crippen LogP contribution in [0.4, 0.5) is 0 Å². The minimum absolute atomic E-state index is 0.00962. The molecule has 1 atom stereocenters. The molecule has 2 nitrogen and oxygen atoms in total. The van der Waals surface area contributed by atoms with Crippen molar-refractivity contribution in [3.05, 3.63) is 28.8 Å². The number of carbonyl (C=O) groups is 1. The Kier molecular flexibility index (Phi) is 2.06. The average Bonchev–Trinajstić information content (AvgIpc) is 2.17. The van der Waals surface area contributed by atoms with E-state index in [0.717, 1.165) is 16.9 Å². The van der Waals surface area contributed by atoms with Crippen molar-refractivity contribution >= 4 is 5.78 Å². The second-order valence-corrected chi connectivity index (χ2v) is 3.96. The first-order valence-electron chi connectivity index (χ1n) is 4.88. The van der Waals surface area contributed by atoms with E-state index in [-0.39, 0.29) is 11.7 Å². The van der Waals surface area contributed by atoms with Gasteiger partial charge in [-0.2, -0.15) is 0 Å². The molecule has 0 aliphatic carbocycles. The number of fused-ring (bicyclic) bond motifs is 1. The van der Waals surface area contributed by atoms with Crippen LogP contribution in [0.15, 0.2) is 12.1 Å². The molecule has 1 heterocycles. The van der Waals surface area contributed by atoms with Crippen LogP contribution in [0, 0.1) is 19.8 Å². The van der Waals surface area contributed by atoms with Crippen molar-refractivity contribution in [2.24, 2.45) is 5.92 Å². The molecule has 1 aromatic carbocycles. The molecular formula is C12H14O2. The second-order valence-electron chi connectivity index (χ2n) is 3.96. The molecule has 0 bridgehead atoms. The van der Waals surface area contributed by atoms with Gasteiger partial charge in [0.1, 0.15) is 5.75 Å². The second kappa shape index (κ2) is 3.12. The third-order valence-electron chi connectivity index (χ3n) is 2.87. The number of rotatable bonds is 0. The summed E-state index contributed by atoms with van der Waals surface area (Å²) in [5, 5.41) is 0. The van der Waals surface area contributed by atoms with Crippen molar-refractivity contribution in [2.45, 2.75) is 20.8 Å². The fraction of sp³-hybridized carbons (Fsp3) is 0.417. The van der Waals surface area contributed by atoms with Gasteiger partial charge in [0.05, 0.1) is 18.1 Å². The highest BCUT2D eigenvalue weighted by molar-refractivity contribution is 6.01. The van der Waals surface area contributed by atoms with Gasteiger partial charge in [-0.1, -0.05) is 13.0 Å². The predicted molar refractivity (Wildman–Crippen MR) is 54.9 cm³/mol. The van der Waals surface area contributed by atoms with Crippen LogP contribution in [0.2, 0.25) is 0 Å². The topological polar surface area (TPSA) is 26.3 Å². The Morgan fingerprint density at radius 2 is 2.07 bits per heavy atom. The van der Waals surface area contributed by atoms with Crippen LogP contribution in [-0.4, -0.2) is 12.4 Å². The summed E-state index contributed by atoms with van der Waals surface area (Å²) in [4.78, 5) is 11.8. The third-order valence-corrected chi connectivity index (χ3v) is 2.87. The Morgan fingerprint density at radius 3 is 2.79 bits per heavy atom. The summed E-state index contributed by atoms with van der Waals surface area (Å²) in [5.41, 5.74) is 3.00. The smallest absolute Gasteiger partial charge is 0.172 e. The van der Waals surface area contributed by atoms with Crippen molar-refractivity contribution < 1.29 is 9.53 Å². The maximum Gasteiger partial charge on any atom is 0.172 e. The lowest BCUT2D eigenvalue weighted by Crippen LogP contribution is -2.25. The first kappa shape index (κ1) is 9.25. The summed E-state index contributed by atoms with van der Waals surface area (Å²) in [6.07, 6.45) is 0. The van der Waals surface area contributed by atoms with Gasteiger partial charge >= 0.3 is 0 Å². The Bertz CT molecular complexity index is 394. The highest BCUT2D eigenvalue weighted by Gasteiger charge is 2.26. The molecular weight excluding hydrogens is 176 g/mol. The minimum atomic E-state index is -0.00962. The third kappa shape index (κ3) is 1.22. The van der Waals surface area contributed by atoms with E-state index in [4.69, 9.17) is 4.74 Å². The monoisotopic (exact) mass is 190 g/mol. The number of Topliss-reactive ketones (excluding diaryl/α,β-unsaturated/α-hetero) is 1. The van der Waals surface area contributed by atoms with Crippen molar-refractivity contribution in [2.75, 3.05) is 6.61 Å². The molecule has 14 heavy (non-hydrogen) atoms. The molecule has 1 aromatic rings. The van der Waals surface area contributed by atoms with Crippen LogP contribution in [0.3, 0.4) is 0 Å². The molecule has 2 heteroatoms. The van der Waals surface area contributed by atoms with E-state index in [1.165, 1.54) is 5.56 Å². The number of hydrogen-bond acceptors (Lipinski definition) is 2. The fourth-order valence-electron chi connectivity index (χ4n) is 1.72. The number of carbonyl (C=O) groups excluding carboxylic acids is 1. The SMILES string of the molecule is Cc1ccc2c(c1C)OCC(C)C2=O. The normalized spacial score (nSPS) is 20.2. The molecule has 1 aliphatic heterocycles. The summed E-state index contributed by atoms with van der Waals surface area (Å²) in [6.45, 7) is 6.44. The van der Waals surface area contributed by atoms with E-state index < -0.39 is 0 Å². The Labute approximate surface area is 83.9 Å². The van der Waals surface area contributed by atoms with Crippen molar-refractivity contribution in [1.29, 1.82) is 0 Å². The largest absolute Gasteiger partial charge is 0.492 e. The lowest BCUT2D eigenvalue weighted by atomic mass is 9.93. The van der Waals surface area contributed by atoms with Crippen molar-refractivity contribution in [3.8, 4) is 5.75 Å². The molecule has 0 N–H and O–H groups in total. The standard InChI is InChI=1S/C12H14O2/c1-7-4-5-10-11(13)8(2)6-14-12(10)9(7)3/h4-5,8H,6H2,1-3H3. The van der Waals surface area contributed by atoms with Gasteiger partial charge in [-0.25, -0.2) is 0 Å².